The third-order valence-electron chi connectivity index (χ3n) is 3.59. The largest absolute Gasteiger partial charge is 0.486 e. The summed E-state index contributed by atoms with van der Waals surface area (Å²) in [6, 6.07) is 7.32. The van der Waals surface area contributed by atoms with Crippen molar-refractivity contribution >= 4 is 42.1 Å². The van der Waals surface area contributed by atoms with Crippen molar-refractivity contribution in [3.63, 3.8) is 0 Å². The van der Waals surface area contributed by atoms with Crippen LogP contribution in [0.3, 0.4) is 0 Å². The van der Waals surface area contributed by atoms with Crippen LogP contribution in [0.2, 0.25) is 0 Å². The van der Waals surface area contributed by atoms with Crippen LogP contribution in [0.15, 0.2) is 29.6 Å². The van der Waals surface area contributed by atoms with Crippen LogP contribution in [0.1, 0.15) is 21.1 Å². The second-order valence-corrected chi connectivity index (χ2v) is 6.44. The topological polar surface area (TPSA) is 63.2 Å². The first kappa shape index (κ1) is 20.7. The summed E-state index contributed by atoms with van der Waals surface area (Å²) >= 11 is 1.59. The number of ether oxygens (including phenoxy) is 1. The molecule has 2 N–H and O–H groups in total. The molecule has 1 amide bonds. The second-order valence-electron chi connectivity index (χ2n) is 5.38. The monoisotopic (exact) mass is 389 g/mol. The molecule has 24 heavy (non-hydrogen) atoms. The zero-order valence-corrected chi connectivity index (χ0v) is 15.7. The van der Waals surface area contributed by atoms with Gasteiger partial charge in [0, 0.05) is 30.9 Å². The minimum atomic E-state index is -0.0861. The molecular weight excluding hydrogens is 369 g/mol. The summed E-state index contributed by atoms with van der Waals surface area (Å²) in [4.78, 5) is 16.7. The van der Waals surface area contributed by atoms with Gasteiger partial charge in [-0.15, -0.1) is 36.2 Å². The van der Waals surface area contributed by atoms with Gasteiger partial charge < -0.3 is 15.4 Å². The molecule has 0 saturated carbocycles. The fraction of sp³-hybridized carbons (Fsp3) is 0.375. The molecule has 1 saturated heterocycles. The minimum absolute atomic E-state index is 0. The third-order valence-corrected chi connectivity index (χ3v) is 4.41. The molecular formula is C16H21Cl2N3O2S. The fourth-order valence-corrected chi connectivity index (χ4v) is 2.83. The Morgan fingerprint density at radius 1 is 1.38 bits per heavy atom. The molecule has 0 aliphatic carbocycles. The van der Waals surface area contributed by atoms with E-state index in [9.17, 15) is 4.79 Å². The lowest BCUT2D eigenvalue weighted by Gasteiger charge is -2.27. The summed E-state index contributed by atoms with van der Waals surface area (Å²) in [5, 5.41) is 9.15. The Morgan fingerprint density at radius 3 is 2.75 bits per heavy atom. The van der Waals surface area contributed by atoms with E-state index in [0.29, 0.717) is 30.4 Å². The Hall–Kier alpha value is -1.34. The summed E-state index contributed by atoms with van der Waals surface area (Å²) < 4.78 is 5.78. The number of para-hydroxylation sites is 1. The van der Waals surface area contributed by atoms with Crippen molar-refractivity contribution in [1.82, 2.24) is 15.6 Å². The number of thiazole rings is 1. The van der Waals surface area contributed by atoms with Gasteiger partial charge in [0.15, 0.2) is 0 Å². The molecule has 1 aliphatic rings. The van der Waals surface area contributed by atoms with Crippen molar-refractivity contribution in [3.8, 4) is 5.75 Å². The van der Waals surface area contributed by atoms with Crippen LogP contribution in [-0.4, -0.2) is 30.5 Å². The number of amides is 1. The SMILES string of the molecule is Cc1nc(COc2ccccc2C(=O)NCC2CNC2)cs1.Cl.Cl. The summed E-state index contributed by atoms with van der Waals surface area (Å²) in [7, 11) is 0. The minimum Gasteiger partial charge on any atom is -0.486 e. The predicted octanol–water partition coefficient (Wildman–Crippen LogP) is 2.82. The van der Waals surface area contributed by atoms with Crippen LogP contribution in [0, 0.1) is 12.8 Å². The van der Waals surface area contributed by atoms with Gasteiger partial charge in [0.25, 0.3) is 5.91 Å². The molecule has 0 spiro atoms. The van der Waals surface area contributed by atoms with Crippen molar-refractivity contribution in [1.29, 1.82) is 0 Å². The van der Waals surface area contributed by atoms with Gasteiger partial charge in [-0.25, -0.2) is 4.98 Å². The fourth-order valence-electron chi connectivity index (χ4n) is 2.23. The number of halogens is 2. The lowest BCUT2D eigenvalue weighted by Crippen LogP contribution is -2.48. The lowest BCUT2D eigenvalue weighted by molar-refractivity contribution is 0.0937. The number of aryl methyl sites for hydroxylation is 1. The van der Waals surface area contributed by atoms with Crippen LogP contribution in [0.4, 0.5) is 0 Å². The standard InChI is InChI=1S/C16H19N3O2S.2ClH/c1-11-19-13(10-22-11)9-21-15-5-3-2-4-14(15)16(20)18-8-12-6-17-7-12;;/h2-5,10,12,17H,6-9H2,1H3,(H,18,20);2*1H. The van der Waals surface area contributed by atoms with E-state index in [1.807, 2.05) is 30.5 Å². The molecule has 2 aromatic rings. The number of hydrogen-bond donors (Lipinski definition) is 2. The Morgan fingerprint density at radius 2 is 2.12 bits per heavy atom. The van der Waals surface area contributed by atoms with Crippen LogP contribution in [0.5, 0.6) is 5.75 Å². The summed E-state index contributed by atoms with van der Waals surface area (Å²) in [5.41, 5.74) is 1.46. The van der Waals surface area contributed by atoms with Crippen LogP contribution in [-0.2, 0) is 6.61 Å². The second kappa shape index (κ2) is 9.84. The zero-order chi connectivity index (χ0) is 15.4. The number of nitrogens with zero attached hydrogens (tertiary/aromatic N) is 1. The molecule has 3 rings (SSSR count). The Balaban J connectivity index is 0.00000144. The van der Waals surface area contributed by atoms with E-state index >= 15 is 0 Å². The Bertz CT molecular complexity index is 662. The van der Waals surface area contributed by atoms with Crippen molar-refractivity contribution in [2.24, 2.45) is 5.92 Å². The van der Waals surface area contributed by atoms with Crippen molar-refractivity contribution < 1.29 is 9.53 Å². The first-order valence-electron chi connectivity index (χ1n) is 7.34. The number of carbonyl (C=O) groups excluding carboxylic acids is 1. The van der Waals surface area contributed by atoms with Gasteiger partial charge >= 0.3 is 0 Å². The van der Waals surface area contributed by atoms with Gasteiger partial charge in [0.2, 0.25) is 0 Å². The zero-order valence-electron chi connectivity index (χ0n) is 13.3. The van der Waals surface area contributed by atoms with Crippen molar-refractivity contribution in [2.45, 2.75) is 13.5 Å². The van der Waals surface area contributed by atoms with E-state index in [2.05, 4.69) is 15.6 Å². The van der Waals surface area contributed by atoms with Gasteiger partial charge in [0.1, 0.15) is 12.4 Å². The number of aromatic nitrogens is 1. The van der Waals surface area contributed by atoms with Gasteiger partial charge in [-0.1, -0.05) is 12.1 Å². The molecule has 1 aromatic heterocycles. The number of hydrogen-bond acceptors (Lipinski definition) is 5. The first-order valence-corrected chi connectivity index (χ1v) is 8.22. The van der Waals surface area contributed by atoms with Gasteiger partial charge in [-0.3, -0.25) is 4.79 Å². The average Bonchev–Trinajstić information content (AvgIpc) is 2.89. The van der Waals surface area contributed by atoms with E-state index in [0.717, 1.165) is 23.8 Å². The molecule has 5 nitrogen and oxygen atoms in total. The average molecular weight is 390 g/mol. The maximum absolute atomic E-state index is 12.3. The quantitative estimate of drug-likeness (QED) is 0.796. The Labute approximate surface area is 158 Å². The summed E-state index contributed by atoms with van der Waals surface area (Å²) in [6.45, 7) is 4.99. The maximum atomic E-state index is 12.3. The van der Waals surface area contributed by atoms with E-state index in [4.69, 9.17) is 4.74 Å². The summed E-state index contributed by atoms with van der Waals surface area (Å²) in [5.74, 6) is 1.05. The highest BCUT2D eigenvalue weighted by Crippen LogP contribution is 2.20. The van der Waals surface area contributed by atoms with Crippen molar-refractivity contribution in [2.75, 3.05) is 19.6 Å². The van der Waals surface area contributed by atoms with Crippen LogP contribution in [0.25, 0.3) is 0 Å². The van der Waals surface area contributed by atoms with Gasteiger partial charge in [0.05, 0.1) is 16.3 Å². The molecule has 0 unspecified atom stereocenters. The Kier molecular flexibility index (Phi) is 8.48. The van der Waals surface area contributed by atoms with Gasteiger partial charge in [-0.2, -0.15) is 0 Å². The molecule has 0 radical (unpaired) electrons. The van der Waals surface area contributed by atoms with Crippen LogP contribution >= 0.6 is 36.2 Å². The normalized spacial score (nSPS) is 13.2. The van der Waals surface area contributed by atoms with E-state index in [-0.39, 0.29) is 30.7 Å². The third kappa shape index (κ3) is 5.34. The lowest BCUT2D eigenvalue weighted by atomic mass is 10.0. The molecule has 0 bridgehead atoms. The maximum Gasteiger partial charge on any atom is 0.255 e. The molecule has 8 heteroatoms. The highest BCUT2D eigenvalue weighted by molar-refractivity contribution is 7.09. The molecule has 1 fully saturated rings. The molecule has 2 heterocycles. The predicted molar refractivity (Wildman–Crippen MR) is 101 cm³/mol. The van der Waals surface area contributed by atoms with E-state index in [1.165, 1.54) is 0 Å². The highest BCUT2D eigenvalue weighted by Gasteiger charge is 2.19. The van der Waals surface area contributed by atoms with Crippen LogP contribution < -0.4 is 15.4 Å². The smallest absolute Gasteiger partial charge is 0.255 e. The first-order chi connectivity index (χ1) is 10.7. The number of rotatable bonds is 6. The number of carbonyl (C=O) groups is 1. The highest BCUT2D eigenvalue weighted by atomic mass is 35.5. The van der Waals surface area contributed by atoms with Crippen molar-refractivity contribution in [3.05, 3.63) is 45.9 Å². The molecule has 1 aliphatic heterocycles. The number of benzene rings is 1. The summed E-state index contributed by atoms with van der Waals surface area (Å²) in [6.07, 6.45) is 0. The number of nitrogens with one attached hydrogen (secondary N) is 2. The molecule has 1 aromatic carbocycles. The molecule has 0 atom stereocenters. The van der Waals surface area contributed by atoms with E-state index < -0.39 is 0 Å². The molecule has 132 valence electrons. The van der Waals surface area contributed by atoms with Gasteiger partial charge in [-0.05, 0) is 19.1 Å². The van der Waals surface area contributed by atoms with E-state index in [1.54, 1.807) is 17.4 Å².